The summed E-state index contributed by atoms with van der Waals surface area (Å²) in [5.74, 6) is 0. The van der Waals surface area contributed by atoms with Crippen LogP contribution in [0.15, 0.2) is 60.7 Å². The van der Waals surface area contributed by atoms with E-state index >= 15 is 0 Å². The van der Waals surface area contributed by atoms with Crippen molar-refractivity contribution in [2.24, 2.45) is 0 Å². The van der Waals surface area contributed by atoms with Gasteiger partial charge in [0.2, 0.25) is 0 Å². The summed E-state index contributed by atoms with van der Waals surface area (Å²) >= 11 is 0. The molecule has 2 aromatic carbocycles. The number of benzene rings is 2. The summed E-state index contributed by atoms with van der Waals surface area (Å²) < 4.78 is 0. The fourth-order valence-electron chi connectivity index (χ4n) is 3.04. The molecule has 1 aliphatic heterocycles. The minimum Gasteiger partial charge on any atom is -0.388 e. The topological polar surface area (TPSA) is 23.5 Å². The third kappa shape index (κ3) is 3.27. The molecule has 2 aromatic rings. The molecule has 0 spiro atoms. The van der Waals surface area contributed by atoms with Crippen LogP contribution in [0.2, 0.25) is 0 Å². The Hall–Kier alpha value is -1.64. The van der Waals surface area contributed by atoms with Crippen LogP contribution in [0, 0.1) is 0 Å². The maximum absolute atomic E-state index is 10.8. The Balaban J connectivity index is 1.61. The molecule has 2 heteroatoms. The highest BCUT2D eigenvalue weighted by atomic mass is 16.3. The third-order valence-electron chi connectivity index (χ3n) is 4.04. The normalized spacial score (nSPS) is 23.1. The summed E-state index contributed by atoms with van der Waals surface area (Å²) in [6, 6.07) is 20.8. The van der Waals surface area contributed by atoms with Gasteiger partial charge in [0.15, 0.2) is 0 Å². The van der Waals surface area contributed by atoms with E-state index in [0.29, 0.717) is 0 Å². The minimum atomic E-state index is -0.573. The molecule has 0 bridgehead atoms. The molecule has 0 aromatic heterocycles. The van der Waals surface area contributed by atoms with Crippen LogP contribution in [-0.4, -0.2) is 28.7 Å². The van der Waals surface area contributed by atoms with Gasteiger partial charge in [0.1, 0.15) is 0 Å². The molecule has 1 unspecified atom stereocenters. The lowest BCUT2D eigenvalue weighted by molar-refractivity contribution is 0.0488. The van der Waals surface area contributed by atoms with Gasteiger partial charge in [-0.1, -0.05) is 60.7 Å². The zero-order valence-corrected chi connectivity index (χ0v) is 11.7. The summed E-state index contributed by atoms with van der Waals surface area (Å²) in [5.41, 5.74) is 1.96. The van der Waals surface area contributed by atoms with E-state index in [1.807, 2.05) is 24.3 Å². The zero-order valence-electron chi connectivity index (χ0n) is 11.7. The summed E-state index contributed by atoms with van der Waals surface area (Å²) in [6.45, 7) is 2.66. The van der Waals surface area contributed by atoms with Crippen LogP contribution >= 0.6 is 0 Å². The van der Waals surface area contributed by atoms with Gasteiger partial charge in [0.25, 0.3) is 0 Å². The average Bonchev–Trinajstić information content (AvgIpc) is 2.82. The maximum atomic E-state index is 10.8. The minimum absolute atomic E-state index is 0.573. The molecule has 1 atom stereocenters. The van der Waals surface area contributed by atoms with E-state index in [1.165, 1.54) is 11.1 Å². The van der Waals surface area contributed by atoms with Gasteiger partial charge in [-0.15, -0.1) is 0 Å². The molecule has 3 rings (SSSR count). The van der Waals surface area contributed by atoms with Crippen molar-refractivity contribution in [2.45, 2.75) is 25.0 Å². The first-order valence-electron chi connectivity index (χ1n) is 7.26. The zero-order chi connectivity index (χ0) is 13.8. The Morgan fingerprint density at radius 1 is 0.900 bits per heavy atom. The van der Waals surface area contributed by atoms with Crippen molar-refractivity contribution in [3.05, 3.63) is 71.8 Å². The molecule has 1 aliphatic rings. The van der Waals surface area contributed by atoms with Crippen LogP contribution in [0.5, 0.6) is 0 Å². The second kappa shape index (κ2) is 5.78. The highest BCUT2D eigenvalue weighted by Gasteiger charge is 2.35. The van der Waals surface area contributed by atoms with E-state index in [4.69, 9.17) is 0 Å². The molecular formula is C18H21NO. The van der Waals surface area contributed by atoms with Crippen LogP contribution in [-0.2, 0) is 13.0 Å². The summed E-state index contributed by atoms with van der Waals surface area (Å²) in [6.07, 6.45) is 1.61. The number of rotatable bonds is 4. The molecule has 1 saturated heterocycles. The van der Waals surface area contributed by atoms with E-state index in [9.17, 15) is 5.11 Å². The standard InChI is InChI=1S/C18H21NO/c20-18(13-16-7-3-1-4-8-16)11-12-19(15-18)14-17-9-5-2-6-10-17/h1-10,20H,11-15H2. The fourth-order valence-corrected chi connectivity index (χ4v) is 3.04. The Kier molecular flexibility index (Phi) is 3.86. The molecule has 1 fully saturated rings. The van der Waals surface area contributed by atoms with Crippen molar-refractivity contribution in [2.75, 3.05) is 13.1 Å². The first-order chi connectivity index (χ1) is 9.73. The monoisotopic (exact) mass is 267 g/mol. The van der Waals surface area contributed by atoms with E-state index in [1.54, 1.807) is 0 Å². The first kappa shape index (κ1) is 13.3. The van der Waals surface area contributed by atoms with Crippen molar-refractivity contribution >= 4 is 0 Å². The van der Waals surface area contributed by atoms with Gasteiger partial charge in [-0.25, -0.2) is 0 Å². The van der Waals surface area contributed by atoms with Crippen LogP contribution in [0.3, 0.4) is 0 Å². The quantitative estimate of drug-likeness (QED) is 0.920. The predicted octanol–water partition coefficient (Wildman–Crippen LogP) is 2.87. The lowest BCUT2D eigenvalue weighted by Crippen LogP contribution is -2.35. The van der Waals surface area contributed by atoms with Crippen molar-refractivity contribution in [3.63, 3.8) is 0 Å². The van der Waals surface area contributed by atoms with E-state index in [0.717, 1.165) is 32.5 Å². The van der Waals surface area contributed by atoms with Gasteiger partial charge < -0.3 is 5.11 Å². The number of hydrogen-bond acceptors (Lipinski definition) is 2. The predicted molar refractivity (Wildman–Crippen MR) is 81.4 cm³/mol. The lowest BCUT2D eigenvalue weighted by atomic mass is 9.94. The lowest BCUT2D eigenvalue weighted by Gasteiger charge is -2.23. The van der Waals surface area contributed by atoms with Crippen LogP contribution < -0.4 is 0 Å². The summed E-state index contributed by atoms with van der Waals surface area (Å²) in [5, 5.41) is 10.8. The van der Waals surface area contributed by atoms with Crippen LogP contribution in [0.1, 0.15) is 17.5 Å². The van der Waals surface area contributed by atoms with E-state index in [-0.39, 0.29) is 0 Å². The van der Waals surface area contributed by atoms with Crippen molar-refractivity contribution in [1.82, 2.24) is 4.90 Å². The number of likely N-dealkylation sites (tertiary alicyclic amines) is 1. The Labute approximate surface area is 120 Å². The molecule has 20 heavy (non-hydrogen) atoms. The number of nitrogens with zero attached hydrogens (tertiary/aromatic N) is 1. The SMILES string of the molecule is OC1(Cc2ccccc2)CCN(Cc2ccccc2)C1. The molecule has 0 saturated carbocycles. The fraction of sp³-hybridized carbons (Fsp3) is 0.333. The van der Waals surface area contributed by atoms with Crippen molar-refractivity contribution in [1.29, 1.82) is 0 Å². The second-order valence-electron chi connectivity index (χ2n) is 5.83. The van der Waals surface area contributed by atoms with Crippen molar-refractivity contribution < 1.29 is 5.11 Å². The summed E-state index contributed by atoms with van der Waals surface area (Å²) in [4.78, 5) is 2.35. The number of aliphatic hydroxyl groups is 1. The highest BCUT2D eigenvalue weighted by molar-refractivity contribution is 5.19. The second-order valence-corrected chi connectivity index (χ2v) is 5.83. The van der Waals surface area contributed by atoms with Crippen LogP contribution in [0.4, 0.5) is 0 Å². The first-order valence-corrected chi connectivity index (χ1v) is 7.26. The smallest absolute Gasteiger partial charge is 0.0826 e. The van der Waals surface area contributed by atoms with Gasteiger partial charge in [-0.3, -0.25) is 4.90 Å². The van der Waals surface area contributed by atoms with Gasteiger partial charge >= 0.3 is 0 Å². The number of hydrogen-bond donors (Lipinski definition) is 1. The van der Waals surface area contributed by atoms with Gasteiger partial charge in [-0.05, 0) is 17.5 Å². The molecule has 0 aliphatic carbocycles. The van der Waals surface area contributed by atoms with E-state index < -0.39 is 5.60 Å². The molecule has 104 valence electrons. The third-order valence-corrected chi connectivity index (χ3v) is 4.04. The average molecular weight is 267 g/mol. The molecule has 1 N–H and O–H groups in total. The molecule has 0 radical (unpaired) electrons. The van der Waals surface area contributed by atoms with Crippen LogP contribution in [0.25, 0.3) is 0 Å². The van der Waals surface area contributed by atoms with Gasteiger partial charge in [0, 0.05) is 26.1 Å². The Bertz CT molecular complexity index is 540. The maximum Gasteiger partial charge on any atom is 0.0826 e. The molecular weight excluding hydrogens is 246 g/mol. The largest absolute Gasteiger partial charge is 0.388 e. The van der Waals surface area contributed by atoms with Gasteiger partial charge in [-0.2, -0.15) is 0 Å². The van der Waals surface area contributed by atoms with Crippen molar-refractivity contribution in [3.8, 4) is 0 Å². The summed E-state index contributed by atoms with van der Waals surface area (Å²) in [7, 11) is 0. The van der Waals surface area contributed by atoms with Gasteiger partial charge in [0.05, 0.1) is 5.60 Å². The Morgan fingerprint density at radius 3 is 2.15 bits per heavy atom. The highest BCUT2D eigenvalue weighted by Crippen LogP contribution is 2.26. The molecule has 2 nitrogen and oxygen atoms in total. The Morgan fingerprint density at radius 2 is 1.50 bits per heavy atom. The van der Waals surface area contributed by atoms with E-state index in [2.05, 4.69) is 41.3 Å². The number of β-amino-alcohol motifs (C(OH)–C–C–N with tert-alkyl or cyclic N) is 1. The molecule has 0 amide bonds. The molecule has 1 heterocycles.